The van der Waals surface area contributed by atoms with Crippen molar-refractivity contribution < 1.29 is 9.53 Å². The van der Waals surface area contributed by atoms with Crippen LogP contribution in [0.1, 0.15) is 49.3 Å². The molecular formula is C23H35N3O2. The maximum Gasteiger partial charge on any atom is 0.223 e. The number of nitrogens with one attached hydrogen (secondary N) is 1. The maximum absolute atomic E-state index is 13.0. The molecule has 2 saturated carbocycles. The molecule has 3 aliphatic rings. The van der Waals surface area contributed by atoms with Crippen LogP contribution in [0, 0.1) is 24.7 Å². The molecule has 1 heterocycles. The Morgan fingerprint density at radius 2 is 1.82 bits per heavy atom. The average Bonchev–Trinajstić information content (AvgIpc) is 2.70. The highest BCUT2D eigenvalue weighted by molar-refractivity contribution is 5.78. The van der Waals surface area contributed by atoms with Gasteiger partial charge in [0.25, 0.3) is 0 Å². The van der Waals surface area contributed by atoms with Crippen LogP contribution in [0.4, 0.5) is 0 Å². The van der Waals surface area contributed by atoms with Crippen LogP contribution < -0.4 is 11.1 Å². The Labute approximate surface area is 169 Å². The first-order valence-corrected chi connectivity index (χ1v) is 11.0. The van der Waals surface area contributed by atoms with Gasteiger partial charge in [-0.25, -0.2) is 0 Å². The summed E-state index contributed by atoms with van der Waals surface area (Å²) in [5.74, 6) is 1.44. The van der Waals surface area contributed by atoms with E-state index in [1.165, 1.54) is 30.4 Å². The largest absolute Gasteiger partial charge is 0.379 e. The number of ether oxygens (including phenoxy) is 1. The fraction of sp³-hybridized carbons (Fsp3) is 0.696. The third-order valence-electron chi connectivity index (χ3n) is 7.20. The van der Waals surface area contributed by atoms with Crippen molar-refractivity contribution in [2.75, 3.05) is 32.8 Å². The standard InChI is InChI=1S/C23H35N3O2/c1-16-5-7-17(8-6-16)21(26-9-11-28-12-10-26)15-25-23(27)20-13-18-3-2-4-19(14-20)22(18)24/h5-8,18-22H,2-4,9-15,24H2,1H3,(H,25,27). The summed E-state index contributed by atoms with van der Waals surface area (Å²) in [6.45, 7) is 6.13. The Morgan fingerprint density at radius 1 is 1.18 bits per heavy atom. The van der Waals surface area contributed by atoms with Crippen molar-refractivity contribution in [3.63, 3.8) is 0 Å². The van der Waals surface area contributed by atoms with Crippen molar-refractivity contribution in [2.24, 2.45) is 23.5 Å². The molecule has 1 aromatic carbocycles. The van der Waals surface area contributed by atoms with Crippen molar-refractivity contribution in [2.45, 2.75) is 51.1 Å². The quantitative estimate of drug-likeness (QED) is 0.818. The van der Waals surface area contributed by atoms with Crippen molar-refractivity contribution in [3.8, 4) is 0 Å². The molecule has 28 heavy (non-hydrogen) atoms. The number of nitrogens with zero attached hydrogens (tertiary/aromatic N) is 1. The van der Waals surface area contributed by atoms with E-state index in [9.17, 15) is 4.79 Å². The summed E-state index contributed by atoms with van der Waals surface area (Å²) >= 11 is 0. The highest BCUT2D eigenvalue weighted by atomic mass is 16.5. The molecule has 1 aliphatic heterocycles. The summed E-state index contributed by atoms with van der Waals surface area (Å²) in [6, 6.07) is 9.24. The van der Waals surface area contributed by atoms with Crippen molar-refractivity contribution in [1.29, 1.82) is 0 Å². The third-order valence-corrected chi connectivity index (χ3v) is 7.20. The van der Waals surface area contributed by atoms with Crippen molar-refractivity contribution in [1.82, 2.24) is 10.2 Å². The van der Waals surface area contributed by atoms with Gasteiger partial charge in [-0.3, -0.25) is 9.69 Å². The second-order valence-corrected chi connectivity index (χ2v) is 9.02. The summed E-state index contributed by atoms with van der Waals surface area (Å²) < 4.78 is 5.54. The zero-order chi connectivity index (χ0) is 19.5. The topological polar surface area (TPSA) is 67.6 Å². The minimum absolute atomic E-state index is 0.137. The number of rotatable bonds is 5. The van der Waals surface area contributed by atoms with Gasteiger partial charge in [0.1, 0.15) is 0 Å². The SMILES string of the molecule is Cc1ccc(C(CNC(=O)C2CC3CCCC(C2)C3N)N2CCOCC2)cc1. The molecule has 3 fully saturated rings. The maximum atomic E-state index is 13.0. The number of aryl methyl sites for hydroxylation is 1. The lowest BCUT2D eigenvalue weighted by atomic mass is 9.65. The summed E-state index contributed by atoms with van der Waals surface area (Å²) in [6.07, 6.45) is 5.61. The van der Waals surface area contributed by atoms with E-state index in [4.69, 9.17) is 10.5 Å². The Bertz CT molecular complexity index is 642. The van der Waals surface area contributed by atoms with Gasteiger partial charge in [0.05, 0.1) is 19.3 Å². The first-order valence-electron chi connectivity index (χ1n) is 11.0. The van der Waals surface area contributed by atoms with Crippen LogP contribution in [0.15, 0.2) is 24.3 Å². The number of hydrogen-bond acceptors (Lipinski definition) is 4. The van der Waals surface area contributed by atoms with Gasteiger partial charge in [0.15, 0.2) is 0 Å². The molecule has 1 aromatic rings. The molecule has 1 saturated heterocycles. The minimum atomic E-state index is 0.137. The molecule has 0 spiro atoms. The Morgan fingerprint density at radius 3 is 2.46 bits per heavy atom. The van der Waals surface area contributed by atoms with E-state index in [0.29, 0.717) is 24.4 Å². The van der Waals surface area contributed by atoms with E-state index in [1.807, 2.05) is 0 Å². The molecule has 1 amide bonds. The molecule has 2 bridgehead atoms. The second-order valence-electron chi connectivity index (χ2n) is 9.02. The molecule has 0 aromatic heterocycles. The van der Waals surface area contributed by atoms with Gasteiger partial charge in [-0.15, -0.1) is 0 Å². The first-order chi connectivity index (χ1) is 13.6. The van der Waals surface area contributed by atoms with Crippen LogP contribution in [0.3, 0.4) is 0 Å². The zero-order valence-corrected chi connectivity index (χ0v) is 17.1. The number of amides is 1. The normalized spacial score (nSPS) is 31.9. The number of benzene rings is 1. The monoisotopic (exact) mass is 385 g/mol. The van der Waals surface area contributed by atoms with E-state index in [2.05, 4.69) is 41.4 Å². The number of fused-ring (bicyclic) bond motifs is 2. The molecule has 3 N–H and O–H groups in total. The minimum Gasteiger partial charge on any atom is -0.379 e. The molecule has 154 valence electrons. The van der Waals surface area contributed by atoms with E-state index in [1.54, 1.807) is 0 Å². The number of morpholine rings is 1. The number of carbonyl (C=O) groups is 1. The predicted octanol–water partition coefficient (Wildman–Crippen LogP) is 2.64. The molecule has 4 rings (SSSR count). The van der Waals surface area contributed by atoms with Crippen LogP contribution in [0.25, 0.3) is 0 Å². The van der Waals surface area contributed by atoms with E-state index < -0.39 is 0 Å². The Kier molecular flexibility index (Phi) is 6.34. The van der Waals surface area contributed by atoms with Gasteiger partial charge < -0.3 is 15.8 Å². The van der Waals surface area contributed by atoms with E-state index in [-0.39, 0.29) is 17.9 Å². The van der Waals surface area contributed by atoms with Crippen LogP contribution >= 0.6 is 0 Å². The Balaban J connectivity index is 1.40. The second kappa shape index (κ2) is 8.93. The molecule has 5 heteroatoms. The van der Waals surface area contributed by atoms with Crippen LogP contribution in [0.5, 0.6) is 0 Å². The third kappa shape index (κ3) is 4.42. The number of nitrogens with two attached hydrogens (primary N) is 1. The lowest BCUT2D eigenvalue weighted by Crippen LogP contribution is -2.50. The Hall–Kier alpha value is -1.43. The predicted molar refractivity (Wildman–Crippen MR) is 111 cm³/mol. The lowest BCUT2D eigenvalue weighted by Gasteiger charge is -2.43. The smallest absolute Gasteiger partial charge is 0.223 e. The fourth-order valence-electron chi connectivity index (χ4n) is 5.48. The number of hydrogen-bond donors (Lipinski definition) is 2. The number of carbonyl (C=O) groups excluding carboxylic acids is 1. The van der Waals surface area contributed by atoms with Crippen molar-refractivity contribution in [3.05, 3.63) is 35.4 Å². The molecule has 2 aliphatic carbocycles. The fourth-order valence-corrected chi connectivity index (χ4v) is 5.48. The lowest BCUT2D eigenvalue weighted by molar-refractivity contribution is -0.128. The summed E-state index contributed by atoms with van der Waals surface area (Å²) in [7, 11) is 0. The average molecular weight is 386 g/mol. The van der Waals surface area contributed by atoms with E-state index in [0.717, 1.165) is 39.1 Å². The van der Waals surface area contributed by atoms with Gasteiger partial charge in [-0.2, -0.15) is 0 Å². The zero-order valence-electron chi connectivity index (χ0n) is 17.1. The van der Waals surface area contributed by atoms with Crippen LogP contribution in [-0.4, -0.2) is 49.7 Å². The molecule has 0 radical (unpaired) electrons. The van der Waals surface area contributed by atoms with E-state index >= 15 is 0 Å². The molecule has 3 unspecified atom stereocenters. The summed E-state index contributed by atoms with van der Waals surface area (Å²) in [5.41, 5.74) is 8.94. The summed E-state index contributed by atoms with van der Waals surface area (Å²) in [4.78, 5) is 15.5. The van der Waals surface area contributed by atoms with Crippen LogP contribution in [-0.2, 0) is 9.53 Å². The van der Waals surface area contributed by atoms with Gasteiger partial charge >= 0.3 is 0 Å². The van der Waals surface area contributed by atoms with Gasteiger partial charge in [-0.1, -0.05) is 36.2 Å². The highest BCUT2D eigenvalue weighted by Crippen LogP contribution is 2.41. The first kappa shape index (κ1) is 19.9. The highest BCUT2D eigenvalue weighted by Gasteiger charge is 2.40. The van der Waals surface area contributed by atoms with Gasteiger partial charge in [-0.05, 0) is 50.0 Å². The van der Waals surface area contributed by atoms with Gasteiger partial charge in [0.2, 0.25) is 5.91 Å². The molecular weight excluding hydrogens is 350 g/mol. The summed E-state index contributed by atoms with van der Waals surface area (Å²) in [5, 5.41) is 3.30. The van der Waals surface area contributed by atoms with Gasteiger partial charge in [0, 0.05) is 31.6 Å². The molecule has 5 nitrogen and oxygen atoms in total. The van der Waals surface area contributed by atoms with Crippen molar-refractivity contribution >= 4 is 5.91 Å². The molecule has 3 atom stereocenters. The van der Waals surface area contributed by atoms with Crippen LogP contribution in [0.2, 0.25) is 0 Å².